The number of halogens is 2. The molecule has 0 saturated heterocycles. The van der Waals surface area contributed by atoms with Crippen LogP contribution in [0.15, 0.2) is 53.4 Å². The summed E-state index contributed by atoms with van der Waals surface area (Å²) in [4.78, 5) is 1.07. The van der Waals surface area contributed by atoms with E-state index in [9.17, 15) is 5.11 Å². The van der Waals surface area contributed by atoms with Gasteiger partial charge < -0.3 is 10.4 Å². The van der Waals surface area contributed by atoms with Gasteiger partial charge in [-0.2, -0.15) is 0 Å². The first-order valence-electron chi connectivity index (χ1n) is 7.11. The van der Waals surface area contributed by atoms with Crippen molar-refractivity contribution >= 4 is 35.0 Å². The van der Waals surface area contributed by atoms with Crippen LogP contribution in [0.25, 0.3) is 0 Å². The van der Waals surface area contributed by atoms with Gasteiger partial charge in [-0.1, -0.05) is 41.4 Å². The van der Waals surface area contributed by atoms with Gasteiger partial charge >= 0.3 is 0 Å². The van der Waals surface area contributed by atoms with E-state index in [4.69, 9.17) is 23.2 Å². The topological polar surface area (TPSA) is 36.8 Å². The second kappa shape index (κ2) is 8.23. The van der Waals surface area contributed by atoms with Crippen molar-refractivity contribution in [2.24, 2.45) is 0 Å². The average Bonchev–Trinajstić information content (AvgIpc) is 2.47. The largest absolute Gasteiger partial charge is 0.383 e. The van der Waals surface area contributed by atoms with Crippen LogP contribution >= 0.6 is 35.0 Å². The molecule has 0 unspecified atom stereocenters. The van der Waals surface area contributed by atoms with Crippen molar-refractivity contribution in [1.82, 2.24) is 0 Å². The number of thioether (sulfide) groups is 1. The van der Waals surface area contributed by atoms with Crippen molar-refractivity contribution in [1.29, 1.82) is 0 Å². The summed E-state index contributed by atoms with van der Waals surface area (Å²) in [6, 6.07) is 15.5. The van der Waals surface area contributed by atoms with E-state index in [2.05, 4.69) is 5.32 Å². The monoisotopic (exact) mass is 356 g/mol. The summed E-state index contributed by atoms with van der Waals surface area (Å²) >= 11 is 13.5. The van der Waals surface area contributed by atoms with Crippen LogP contribution in [0.5, 0.6) is 0 Å². The van der Waals surface area contributed by atoms with E-state index in [-0.39, 0.29) is 0 Å². The normalized spacial score (nSPS) is 13.8. The summed E-state index contributed by atoms with van der Waals surface area (Å²) in [7, 11) is 0. The van der Waals surface area contributed by atoms with Crippen LogP contribution in [0.4, 0.5) is 0 Å². The Balaban J connectivity index is 1.77. The Hall–Kier alpha value is -0.710. The molecule has 118 valence electrons. The molecule has 0 aliphatic rings. The molecule has 0 heterocycles. The third kappa shape index (κ3) is 6.19. The van der Waals surface area contributed by atoms with Crippen LogP contribution in [0.3, 0.4) is 0 Å². The molecule has 0 amide bonds. The zero-order valence-corrected chi connectivity index (χ0v) is 14.8. The zero-order chi connectivity index (χ0) is 16.0. The molecule has 2 rings (SSSR count). The fraction of sp³-hybridized carbons (Fsp3) is 0.294. The summed E-state index contributed by atoms with van der Waals surface area (Å²) in [5.74, 6) is 0.629. The summed E-state index contributed by atoms with van der Waals surface area (Å²) in [6.07, 6.45) is 0. The Kier molecular flexibility index (Phi) is 6.60. The van der Waals surface area contributed by atoms with Gasteiger partial charge in [-0.05, 0) is 37.3 Å². The molecule has 0 aliphatic carbocycles. The Bertz CT molecular complexity index is 602. The highest BCUT2D eigenvalue weighted by Gasteiger charge is 2.22. The maximum absolute atomic E-state index is 10.5. The van der Waals surface area contributed by atoms with Crippen molar-refractivity contribution in [3.05, 3.63) is 64.1 Å². The molecule has 0 radical (unpaired) electrons. The van der Waals surface area contributed by atoms with Crippen molar-refractivity contribution in [3.8, 4) is 0 Å². The average molecular weight is 357 g/mol. The van der Waals surface area contributed by atoms with Gasteiger partial charge in [0.1, 0.15) is 18.7 Å². The quantitative estimate of drug-likeness (QED) is 0.743. The standard InChI is InChI=1S/C17H19Cl2NOS/c1-17(21,12-22-16-4-2-3-15(19)9-16)11-20-10-13-5-7-14(18)8-6-13/h2-9,20-21H,10-12H2,1H3/p+1/t17-/m1/s1. The van der Waals surface area contributed by atoms with E-state index in [1.807, 2.05) is 55.5 Å². The van der Waals surface area contributed by atoms with Crippen LogP contribution in [-0.4, -0.2) is 23.0 Å². The van der Waals surface area contributed by atoms with Gasteiger partial charge in [-0.15, -0.1) is 11.8 Å². The summed E-state index contributed by atoms with van der Waals surface area (Å²) in [5, 5.41) is 14.0. The maximum Gasteiger partial charge on any atom is 0.120 e. The van der Waals surface area contributed by atoms with Crippen LogP contribution in [-0.2, 0) is 6.54 Å². The predicted octanol–water partition coefficient (Wildman–Crippen LogP) is 3.60. The van der Waals surface area contributed by atoms with Gasteiger partial charge in [0.2, 0.25) is 0 Å². The lowest BCUT2D eigenvalue weighted by Crippen LogP contribution is -2.86. The van der Waals surface area contributed by atoms with Gasteiger partial charge in [0.25, 0.3) is 0 Å². The molecule has 22 heavy (non-hydrogen) atoms. The minimum absolute atomic E-state index is 0.629. The number of hydrogen-bond acceptors (Lipinski definition) is 2. The first-order valence-corrected chi connectivity index (χ1v) is 8.86. The molecule has 0 aliphatic heterocycles. The van der Waals surface area contributed by atoms with Gasteiger partial charge in [0, 0.05) is 26.3 Å². The van der Waals surface area contributed by atoms with E-state index in [1.54, 1.807) is 11.8 Å². The molecule has 1 atom stereocenters. The highest BCUT2D eigenvalue weighted by atomic mass is 35.5. The van der Waals surface area contributed by atoms with E-state index in [0.29, 0.717) is 12.3 Å². The lowest BCUT2D eigenvalue weighted by atomic mass is 10.1. The van der Waals surface area contributed by atoms with Crippen molar-refractivity contribution in [2.45, 2.75) is 24.0 Å². The molecule has 0 fully saturated rings. The second-order valence-corrected chi connectivity index (χ2v) is 7.49. The zero-order valence-electron chi connectivity index (χ0n) is 12.4. The summed E-state index contributed by atoms with van der Waals surface area (Å²) in [5.41, 5.74) is 0.460. The molecule has 2 aromatic carbocycles. The van der Waals surface area contributed by atoms with Crippen LogP contribution in [0.2, 0.25) is 10.0 Å². The lowest BCUT2D eigenvalue weighted by molar-refractivity contribution is -0.681. The number of aliphatic hydroxyl groups is 1. The van der Waals surface area contributed by atoms with Crippen molar-refractivity contribution < 1.29 is 10.4 Å². The first-order chi connectivity index (χ1) is 10.4. The number of benzene rings is 2. The fourth-order valence-electron chi connectivity index (χ4n) is 2.02. The van der Waals surface area contributed by atoms with Gasteiger partial charge in [-0.3, -0.25) is 0 Å². The molecular weight excluding hydrogens is 337 g/mol. The SMILES string of the molecule is C[C@@](O)(C[NH2+]Cc1ccc(Cl)cc1)CSc1cccc(Cl)c1. The highest BCUT2D eigenvalue weighted by Crippen LogP contribution is 2.24. The molecule has 5 heteroatoms. The first kappa shape index (κ1) is 17.6. The molecule has 0 saturated carbocycles. The highest BCUT2D eigenvalue weighted by molar-refractivity contribution is 7.99. The number of quaternary nitrogens is 1. The van der Waals surface area contributed by atoms with E-state index in [1.165, 1.54) is 5.56 Å². The molecule has 2 aromatic rings. The molecule has 2 nitrogen and oxygen atoms in total. The molecule has 3 N–H and O–H groups in total. The van der Waals surface area contributed by atoms with Gasteiger partial charge in [-0.25, -0.2) is 0 Å². The smallest absolute Gasteiger partial charge is 0.120 e. The lowest BCUT2D eigenvalue weighted by Gasteiger charge is -2.21. The molecule has 0 aromatic heterocycles. The minimum atomic E-state index is -0.737. The Morgan fingerprint density at radius 3 is 2.50 bits per heavy atom. The third-order valence-electron chi connectivity index (χ3n) is 3.22. The summed E-state index contributed by atoms with van der Waals surface area (Å²) in [6.45, 7) is 3.33. The third-order valence-corrected chi connectivity index (χ3v) is 5.06. The Labute approximate surface area is 145 Å². The Morgan fingerprint density at radius 1 is 1.09 bits per heavy atom. The van der Waals surface area contributed by atoms with E-state index < -0.39 is 5.60 Å². The van der Waals surface area contributed by atoms with Gasteiger partial charge in [0.05, 0.1) is 0 Å². The number of nitrogens with two attached hydrogens (primary N) is 1. The second-order valence-electron chi connectivity index (χ2n) is 5.57. The van der Waals surface area contributed by atoms with E-state index >= 15 is 0 Å². The van der Waals surface area contributed by atoms with E-state index in [0.717, 1.165) is 21.5 Å². The minimum Gasteiger partial charge on any atom is -0.383 e. The number of hydrogen-bond donors (Lipinski definition) is 2. The molecular formula is C17H20Cl2NOS+. The van der Waals surface area contributed by atoms with Crippen molar-refractivity contribution in [3.63, 3.8) is 0 Å². The predicted molar refractivity (Wildman–Crippen MR) is 94.7 cm³/mol. The van der Waals surface area contributed by atoms with Crippen LogP contribution in [0, 0.1) is 0 Å². The maximum atomic E-state index is 10.5. The molecule has 0 spiro atoms. The van der Waals surface area contributed by atoms with Crippen molar-refractivity contribution in [2.75, 3.05) is 12.3 Å². The number of rotatable bonds is 7. The molecule has 0 bridgehead atoms. The summed E-state index contributed by atoms with van der Waals surface area (Å²) < 4.78 is 0. The van der Waals surface area contributed by atoms with Gasteiger partial charge in [0.15, 0.2) is 0 Å². The van der Waals surface area contributed by atoms with Crippen LogP contribution < -0.4 is 5.32 Å². The van der Waals surface area contributed by atoms with Crippen LogP contribution in [0.1, 0.15) is 12.5 Å². The fourth-order valence-corrected chi connectivity index (χ4v) is 3.39. The Morgan fingerprint density at radius 2 is 1.82 bits per heavy atom.